The first-order valence-corrected chi connectivity index (χ1v) is 6.57. The second kappa shape index (κ2) is 9.12. The molecule has 1 rings (SSSR count). The molecule has 0 aliphatic carbocycles. The summed E-state index contributed by atoms with van der Waals surface area (Å²) < 4.78 is 5.44. The molecular formula is C15H20N2O2. The summed E-state index contributed by atoms with van der Waals surface area (Å²) in [5.74, 6) is -0.0864. The predicted molar refractivity (Wildman–Crippen MR) is 73.2 cm³/mol. The van der Waals surface area contributed by atoms with Gasteiger partial charge in [0.2, 0.25) is 5.91 Å². The van der Waals surface area contributed by atoms with Crippen LogP contribution in [-0.4, -0.2) is 18.6 Å². The standard InChI is InChI=1S/C15H20N2O2/c1-2-3-9-15(18)17-14(10-16)12-19-11-13-7-5-4-6-8-13/h4-8,14H,2-3,9,11-12H2,1H3,(H,17,18)/t14-/m0/s1. The number of benzene rings is 1. The van der Waals surface area contributed by atoms with Crippen molar-refractivity contribution in [3.63, 3.8) is 0 Å². The number of nitrogens with zero attached hydrogens (tertiary/aromatic N) is 1. The lowest BCUT2D eigenvalue weighted by molar-refractivity contribution is -0.122. The van der Waals surface area contributed by atoms with Crippen LogP contribution in [0.15, 0.2) is 30.3 Å². The van der Waals surface area contributed by atoms with Crippen LogP contribution in [0.1, 0.15) is 31.7 Å². The Labute approximate surface area is 114 Å². The van der Waals surface area contributed by atoms with Crippen molar-refractivity contribution in [2.75, 3.05) is 6.61 Å². The third-order valence-corrected chi connectivity index (χ3v) is 2.64. The fourth-order valence-electron chi connectivity index (χ4n) is 1.58. The normalized spacial score (nSPS) is 11.6. The Morgan fingerprint density at radius 2 is 2.16 bits per heavy atom. The van der Waals surface area contributed by atoms with E-state index in [1.165, 1.54) is 0 Å². The molecule has 0 spiro atoms. The number of ether oxygens (including phenoxy) is 1. The van der Waals surface area contributed by atoms with Gasteiger partial charge in [0.05, 0.1) is 19.3 Å². The summed E-state index contributed by atoms with van der Waals surface area (Å²) in [5.41, 5.74) is 1.05. The first kappa shape index (κ1) is 15.2. The number of carbonyl (C=O) groups excluding carboxylic acids is 1. The number of unbranched alkanes of at least 4 members (excludes halogenated alkanes) is 1. The molecule has 4 nitrogen and oxygen atoms in total. The maximum Gasteiger partial charge on any atom is 0.221 e. The molecule has 0 radical (unpaired) electrons. The molecule has 0 saturated carbocycles. The molecule has 0 aliphatic heterocycles. The number of carbonyl (C=O) groups is 1. The van der Waals surface area contributed by atoms with E-state index in [0.717, 1.165) is 18.4 Å². The number of hydrogen-bond acceptors (Lipinski definition) is 3. The molecule has 1 aromatic rings. The molecule has 0 aliphatic rings. The number of rotatable bonds is 8. The highest BCUT2D eigenvalue weighted by atomic mass is 16.5. The lowest BCUT2D eigenvalue weighted by Gasteiger charge is -2.12. The number of amides is 1. The number of nitrogens with one attached hydrogen (secondary N) is 1. The second-order valence-corrected chi connectivity index (χ2v) is 4.35. The minimum Gasteiger partial charge on any atom is -0.374 e. The van der Waals surface area contributed by atoms with Gasteiger partial charge in [-0.3, -0.25) is 4.79 Å². The second-order valence-electron chi connectivity index (χ2n) is 4.35. The van der Waals surface area contributed by atoms with Crippen LogP contribution in [0, 0.1) is 11.3 Å². The van der Waals surface area contributed by atoms with E-state index in [4.69, 9.17) is 10.00 Å². The third-order valence-electron chi connectivity index (χ3n) is 2.64. The van der Waals surface area contributed by atoms with Crippen molar-refractivity contribution in [2.45, 2.75) is 38.8 Å². The van der Waals surface area contributed by atoms with Crippen LogP contribution in [0.25, 0.3) is 0 Å². The molecule has 4 heteroatoms. The van der Waals surface area contributed by atoms with Crippen molar-refractivity contribution in [2.24, 2.45) is 0 Å². The highest BCUT2D eigenvalue weighted by Crippen LogP contribution is 2.01. The van der Waals surface area contributed by atoms with Crippen LogP contribution in [-0.2, 0) is 16.1 Å². The number of hydrogen-bond donors (Lipinski definition) is 1. The Hall–Kier alpha value is -1.86. The summed E-state index contributed by atoms with van der Waals surface area (Å²) in [5, 5.41) is 11.6. The van der Waals surface area contributed by atoms with Crippen LogP contribution in [0.3, 0.4) is 0 Å². The van der Waals surface area contributed by atoms with Gasteiger partial charge in [-0.2, -0.15) is 5.26 Å². The first-order valence-electron chi connectivity index (χ1n) is 6.57. The van der Waals surface area contributed by atoms with Gasteiger partial charge >= 0.3 is 0 Å². The van der Waals surface area contributed by atoms with Crippen LogP contribution in [0.2, 0.25) is 0 Å². The van der Waals surface area contributed by atoms with Crippen LogP contribution in [0.4, 0.5) is 0 Å². The summed E-state index contributed by atoms with van der Waals surface area (Å²) >= 11 is 0. The van der Waals surface area contributed by atoms with E-state index in [9.17, 15) is 4.79 Å². The quantitative estimate of drug-likeness (QED) is 0.780. The van der Waals surface area contributed by atoms with Gasteiger partial charge in [-0.25, -0.2) is 0 Å². The molecule has 1 N–H and O–H groups in total. The molecule has 1 amide bonds. The van der Waals surface area contributed by atoms with Crippen molar-refractivity contribution < 1.29 is 9.53 Å². The summed E-state index contributed by atoms with van der Waals surface area (Å²) in [6.07, 6.45) is 2.28. The molecule has 0 fully saturated rings. The molecule has 0 aromatic heterocycles. The smallest absolute Gasteiger partial charge is 0.221 e. The largest absolute Gasteiger partial charge is 0.374 e. The lowest BCUT2D eigenvalue weighted by atomic mass is 10.2. The van der Waals surface area contributed by atoms with E-state index in [1.54, 1.807) is 0 Å². The molecule has 0 heterocycles. The zero-order valence-electron chi connectivity index (χ0n) is 11.3. The van der Waals surface area contributed by atoms with Gasteiger partial charge in [0.1, 0.15) is 6.04 Å². The lowest BCUT2D eigenvalue weighted by Crippen LogP contribution is -2.36. The highest BCUT2D eigenvalue weighted by molar-refractivity contribution is 5.76. The van der Waals surface area contributed by atoms with E-state index in [-0.39, 0.29) is 12.5 Å². The van der Waals surface area contributed by atoms with Gasteiger partial charge in [-0.15, -0.1) is 0 Å². The van der Waals surface area contributed by atoms with Crippen molar-refractivity contribution >= 4 is 5.91 Å². The fraction of sp³-hybridized carbons (Fsp3) is 0.467. The molecule has 19 heavy (non-hydrogen) atoms. The average Bonchev–Trinajstić information content (AvgIpc) is 2.45. The van der Waals surface area contributed by atoms with Gasteiger partial charge in [0, 0.05) is 6.42 Å². The molecule has 1 atom stereocenters. The summed E-state index contributed by atoms with van der Waals surface area (Å²) in [6, 6.07) is 11.2. The van der Waals surface area contributed by atoms with Gasteiger partial charge in [-0.05, 0) is 12.0 Å². The zero-order chi connectivity index (χ0) is 13.9. The molecule has 102 valence electrons. The summed E-state index contributed by atoms with van der Waals surface area (Å²) in [4.78, 5) is 11.5. The predicted octanol–water partition coefficient (Wildman–Crippen LogP) is 2.40. The highest BCUT2D eigenvalue weighted by Gasteiger charge is 2.10. The molecular weight excluding hydrogens is 240 g/mol. The minimum absolute atomic E-state index is 0.0864. The van der Waals surface area contributed by atoms with E-state index in [2.05, 4.69) is 5.32 Å². The minimum atomic E-state index is -0.576. The third kappa shape index (κ3) is 6.58. The van der Waals surface area contributed by atoms with Gasteiger partial charge < -0.3 is 10.1 Å². The van der Waals surface area contributed by atoms with Crippen molar-refractivity contribution in [3.05, 3.63) is 35.9 Å². The Morgan fingerprint density at radius 1 is 1.42 bits per heavy atom. The van der Waals surface area contributed by atoms with E-state index >= 15 is 0 Å². The van der Waals surface area contributed by atoms with Gasteiger partial charge in [-0.1, -0.05) is 43.7 Å². The maximum atomic E-state index is 11.5. The van der Waals surface area contributed by atoms with Crippen LogP contribution in [0.5, 0.6) is 0 Å². The molecule has 0 bridgehead atoms. The Kier molecular flexibility index (Phi) is 7.30. The molecule has 0 saturated heterocycles. The van der Waals surface area contributed by atoms with Crippen molar-refractivity contribution in [1.82, 2.24) is 5.32 Å². The van der Waals surface area contributed by atoms with Crippen molar-refractivity contribution in [1.29, 1.82) is 5.26 Å². The maximum absolute atomic E-state index is 11.5. The Morgan fingerprint density at radius 3 is 2.79 bits per heavy atom. The van der Waals surface area contributed by atoms with E-state index in [1.807, 2.05) is 43.3 Å². The number of nitriles is 1. The van der Waals surface area contributed by atoms with Crippen LogP contribution < -0.4 is 5.32 Å². The van der Waals surface area contributed by atoms with Gasteiger partial charge in [0.25, 0.3) is 0 Å². The zero-order valence-corrected chi connectivity index (χ0v) is 11.3. The SMILES string of the molecule is CCCCC(=O)N[C@@H](C#N)COCc1ccccc1. The molecule has 0 unspecified atom stereocenters. The topological polar surface area (TPSA) is 62.1 Å². The Bertz CT molecular complexity index is 412. The fourth-order valence-corrected chi connectivity index (χ4v) is 1.58. The first-order chi connectivity index (χ1) is 9.26. The molecule has 1 aromatic carbocycles. The monoisotopic (exact) mass is 260 g/mol. The van der Waals surface area contributed by atoms with E-state index in [0.29, 0.717) is 13.0 Å². The average molecular weight is 260 g/mol. The van der Waals surface area contributed by atoms with Crippen LogP contribution >= 0.6 is 0 Å². The Balaban J connectivity index is 2.25. The van der Waals surface area contributed by atoms with Crippen molar-refractivity contribution in [3.8, 4) is 6.07 Å². The van der Waals surface area contributed by atoms with Gasteiger partial charge in [0.15, 0.2) is 0 Å². The summed E-state index contributed by atoms with van der Waals surface area (Å²) in [6.45, 7) is 2.69. The summed E-state index contributed by atoms with van der Waals surface area (Å²) in [7, 11) is 0. The van der Waals surface area contributed by atoms with E-state index < -0.39 is 6.04 Å².